The van der Waals surface area contributed by atoms with E-state index in [2.05, 4.69) is 29.3 Å². The van der Waals surface area contributed by atoms with Gasteiger partial charge in [-0.05, 0) is 25.7 Å². The van der Waals surface area contributed by atoms with Crippen LogP contribution in [-0.4, -0.2) is 37.1 Å². The molecule has 0 fully saturated rings. The molecule has 1 N–H and O–H groups in total. The van der Waals surface area contributed by atoms with E-state index in [1.54, 1.807) is 12.4 Å². The van der Waals surface area contributed by atoms with E-state index in [0.29, 0.717) is 0 Å². The summed E-state index contributed by atoms with van der Waals surface area (Å²) in [6, 6.07) is 1.94. The van der Waals surface area contributed by atoms with Gasteiger partial charge < -0.3 is 10.2 Å². The van der Waals surface area contributed by atoms with Gasteiger partial charge >= 0.3 is 0 Å². The standard InChI is InChI=1S/C10H16ClN3/c1-14(2)6-5-13-7-9-3-4-12-8-10(9)11/h3-4,8,13H,5-7H2,1-2H3. The predicted molar refractivity (Wildman–Crippen MR) is 59.5 cm³/mol. The van der Waals surface area contributed by atoms with E-state index in [1.165, 1.54) is 0 Å². The van der Waals surface area contributed by atoms with Crippen LogP contribution in [0.15, 0.2) is 18.5 Å². The predicted octanol–water partition coefficient (Wildman–Crippen LogP) is 1.39. The van der Waals surface area contributed by atoms with Crippen molar-refractivity contribution < 1.29 is 0 Å². The highest BCUT2D eigenvalue weighted by Crippen LogP contribution is 2.12. The average molecular weight is 214 g/mol. The van der Waals surface area contributed by atoms with Crippen LogP contribution in [0, 0.1) is 0 Å². The molecule has 0 aliphatic carbocycles. The zero-order valence-corrected chi connectivity index (χ0v) is 9.38. The first-order valence-corrected chi connectivity index (χ1v) is 5.02. The average Bonchev–Trinajstić information content (AvgIpc) is 2.15. The summed E-state index contributed by atoms with van der Waals surface area (Å²) in [6.07, 6.45) is 3.43. The van der Waals surface area contributed by atoms with Crippen LogP contribution in [0.25, 0.3) is 0 Å². The van der Waals surface area contributed by atoms with E-state index >= 15 is 0 Å². The zero-order chi connectivity index (χ0) is 10.4. The van der Waals surface area contributed by atoms with Gasteiger partial charge in [0.2, 0.25) is 0 Å². The Balaban J connectivity index is 2.28. The molecule has 78 valence electrons. The third kappa shape index (κ3) is 4.05. The van der Waals surface area contributed by atoms with Crippen LogP contribution in [0.1, 0.15) is 5.56 Å². The van der Waals surface area contributed by atoms with Crippen molar-refractivity contribution in [2.45, 2.75) is 6.54 Å². The molecule has 3 nitrogen and oxygen atoms in total. The maximum Gasteiger partial charge on any atom is 0.0634 e. The molecule has 0 saturated heterocycles. The van der Waals surface area contributed by atoms with Crippen LogP contribution in [0.5, 0.6) is 0 Å². The van der Waals surface area contributed by atoms with Gasteiger partial charge in [0.1, 0.15) is 0 Å². The molecule has 1 aromatic rings. The minimum absolute atomic E-state index is 0.727. The fraction of sp³-hybridized carbons (Fsp3) is 0.500. The lowest BCUT2D eigenvalue weighted by Gasteiger charge is -2.10. The van der Waals surface area contributed by atoms with Gasteiger partial charge in [0.25, 0.3) is 0 Å². The zero-order valence-electron chi connectivity index (χ0n) is 8.63. The number of likely N-dealkylation sites (N-methyl/N-ethyl adjacent to an activating group) is 1. The van der Waals surface area contributed by atoms with Crippen LogP contribution < -0.4 is 5.32 Å². The van der Waals surface area contributed by atoms with Crippen molar-refractivity contribution in [3.8, 4) is 0 Å². The smallest absolute Gasteiger partial charge is 0.0634 e. The number of hydrogen-bond acceptors (Lipinski definition) is 3. The van der Waals surface area contributed by atoms with Crippen molar-refractivity contribution in [3.63, 3.8) is 0 Å². The summed E-state index contributed by atoms with van der Waals surface area (Å²) in [5, 5.41) is 4.05. The van der Waals surface area contributed by atoms with Crippen molar-refractivity contribution >= 4 is 11.6 Å². The third-order valence-electron chi connectivity index (χ3n) is 1.91. The summed E-state index contributed by atoms with van der Waals surface area (Å²) in [5.74, 6) is 0. The maximum absolute atomic E-state index is 5.95. The molecule has 0 aliphatic rings. The van der Waals surface area contributed by atoms with Gasteiger partial charge in [0, 0.05) is 32.0 Å². The topological polar surface area (TPSA) is 28.2 Å². The van der Waals surface area contributed by atoms with E-state index in [1.807, 2.05) is 6.07 Å². The van der Waals surface area contributed by atoms with Crippen molar-refractivity contribution in [1.82, 2.24) is 15.2 Å². The maximum atomic E-state index is 5.95. The molecule has 1 heterocycles. The van der Waals surface area contributed by atoms with E-state index < -0.39 is 0 Å². The van der Waals surface area contributed by atoms with Crippen LogP contribution in [0.2, 0.25) is 5.02 Å². The second kappa shape index (κ2) is 5.96. The Morgan fingerprint density at radius 1 is 1.50 bits per heavy atom. The Morgan fingerprint density at radius 3 is 2.93 bits per heavy atom. The number of pyridine rings is 1. The molecular formula is C10H16ClN3. The molecule has 0 aliphatic heterocycles. The third-order valence-corrected chi connectivity index (χ3v) is 2.25. The lowest BCUT2D eigenvalue weighted by atomic mass is 10.2. The van der Waals surface area contributed by atoms with E-state index in [9.17, 15) is 0 Å². The molecule has 0 radical (unpaired) electrons. The van der Waals surface area contributed by atoms with Crippen LogP contribution in [-0.2, 0) is 6.54 Å². The minimum Gasteiger partial charge on any atom is -0.311 e. The fourth-order valence-electron chi connectivity index (χ4n) is 1.07. The first-order chi connectivity index (χ1) is 6.70. The highest BCUT2D eigenvalue weighted by molar-refractivity contribution is 6.31. The van der Waals surface area contributed by atoms with Gasteiger partial charge in [-0.2, -0.15) is 0 Å². The van der Waals surface area contributed by atoms with Gasteiger partial charge in [-0.1, -0.05) is 11.6 Å². The highest BCUT2D eigenvalue weighted by atomic mass is 35.5. The summed E-state index contributed by atoms with van der Waals surface area (Å²) in [4.78, 5) is 6.07. The Labute approximate surface area is 90.1 Å². The van der Waals surface area contributed by atoms with Crippen molar-refractivity contribution in [2.75, 3.05) is 27.2 Å². The SMILES string of the molecule is CN(C)CCNCc1ccncc1Cl. The van der Waals surface area contributed by atoms with Crippen molar-refractivity contribution in [1.29, 1.82) is 0 Å². The van der Waals surface area contributed by atoms with Crippen molar-refractivity contribution in [3.05, 3.63) is 29.0 Å². The number of halogens is 1. The summed E-state index contributed by atoms with van der Waals surface area (Å²) in [6.45, 7) is 2.80. The quantitative estimate of drug-likeness (QED) is 0.750. The first kappa shape index (κ1) is 11.4. The second-order valence-electron chi connectivity index (χ2n) is 3.45. The summed E-state index contributed by atoms with van der Waals surface area (Å²) in [5.41, 5.74) is 1.10. The molecule has 0 aromatic carbocycles. The fourth-order valence-corrected chi connectivity index (χ4v) is 1.26. The van der Waals surface area contributed by atoms with Gasteiger partial charge in [0.15, 0.2) is 0 Å². The molecule has 4 heteroatoms. The Kier molecular flexibility index (Phi) is 4.87. The second-order valence-corrected chi connectivity index (χ2v) is 3.85. The first-order valence-electron chi connectivity index (χ1n) is 4.64. The largest absolute Gasteiger partial charge is 0.311 e. The molecule has 0 bridgehead atoms. The Bertz CT molecular complexity index is 276. The molecule has 1 rings (SSSR count). The van der Waals surface area contributed by atoms with Gasteiger partial charge in [-0.25, -0.2) is 0 Å². The lowest BCUT2D eigenvalue weighted by Crippen LogP contribution is -2.26. The monoisotopic (exact) mass is 213 g/mol. The number of nitrogens with one attached hydrogen (secondary N) is 1. The summed E-state index contributed by atoms with van der Waals surface area (Å²) < 4.78 is 0. The number of aromatic nitrogens is 1. The molecule has 1 aromatic heterocycles. The van der Waals surface area contributed by atoms with Gasteiger partial charge in [-0.15, -0.1) is 0 Å². The molecule has 0 unspecified atom stereocenters. The molecule has 14 heavy (non-hydrogen) atoms. The number of hydrogen-bond donors (Lipinski definition) is 1. The van der Waals surface area contributed by atoms with Crippen molar-refractivity contribution in [2.24, 2.45) is 0 Å². The van der Waals surface area contributed by atoms with E-state index in [0.717, 1.165) is 30.2 Å². The Morgan fingerprint density at radius 2 is 2.29 bits per heavy atom. The normalized spacial score (nSPS) is 10.9. The van der Waals surface area contributed by atoms with Crippen LogP contribution >= 0.6 is 11.6 Å². The lowest BCUT2D eigenvalue weighted by molar-refractivity contribution is 0.400. The highest BCUT2D eigenvalue weighted by Gasteiger charge is 1.98. The molecule has 0 atom stereocenters. The molecule has 0 amide bonds. The summed E-state index contributed by atoms with van der Waals surface area (Å²) >= 11 is 5.95. The molecule has 0 saturated carbocycles. The van der Waals surface area contributed by atoms with Crippen LogP contribution in [0.3, 0.4) is 0 Å². The van der Waals surface area contributed by atoms with Gasteiger partial charge in [-0.3, -0.25) is 4.98 Å². The van der Waals surface area contributed by atoms with E-state index in [-0.39, 0.29) is 0 Å². The number of rotatable bonds is 5. The summed E-state index contributed by atoms with van der Waals surface area (Å²) in [7, 11) is 4.11. The van der Waals surface area contributed by atoms with E-state index in [4.69, 9.17) is 11.6 Å². The minimum atomic E-state index is 0.727. The molecule has 0 spiro atoms. The van der Waals surface area contributed by atoms with Gasteiger partial charge in [0.05, 0.1) is 5.02 Å². The van der Waals surface area contributed by atoms with Crippen LogP contribution in [0.4, 0.5) is 0 Å². The number of nitrogens with zero attached hydrogens (tertiary/aromatic N) is 2. The Hall–Kier alpha value is -0.640. The molecular weight excluding hydrogens is 198 g/mol.